The molecule has 3 amide bonds. The lowest BCUT2D eigenvalue weighted by atomic mass is 9.57. The van der Waals surface area contributed by atoms with Gasteiger partial charge in [0.15, 0.2) is 0 Å². The fourth-order valence-corrected chi connectivity index (χ4v) is 6.72. The quantitative estimate of drug-likeness (QED) is 0.124. The number of nitrogens with two attached hydrogens (primary N) is 2. The molecule has 11 atom stereocenters. The highest BCUT2D eigenvalue weighted by atomic mass is 16.3. The number of hydrogen-bond donors (Lipinski definition) is 5. The summed E-state index contributed by atoms with van der Waals surface area (Å²) in [6, 6.07) is 0. The Kier molecular flexibility index (Phi) is 17.5. The van der Waals surface area contributed by atoms with Gasteiger partial charge in [0.1, 0.15) is 0 Å². The van der Waals surface area contributed by atoms with E-state index in [1.54, 1.807) is 6.92 Å². The summed E-state index contributed by atoms with van der Waals surface area (Å²) in [5, 5.41) is 24.9. The Morgan fingerprint density at radius 1 is 0.690 bits per heavy atom. The second-order valence-electron chi connectivity index (χ2n) is 14.6. The number of aliphatic hydroxyl groups excluding tert-OH is 2. The molecule has 0 fully saturated rings. The van der Waals surface area contributed by atoms with Gasteiger partial charge in [-0.05, 0) is 72.5 Å². The van der Waals surface area contributed by atoms with Crippen LogP contribution in [0.1, 0.15) is 115 Å². The van der Waals surface area contributed by atoms with Gasteiger partial charge in [-0.25, -0.2) is 0 Å². The van der Waals surface area contributed by atoms with Gasteiger partial charge < -0.3 is 27.0 Å². The smallest absolute Gasteiger partial charge is 0.223 e. The molecule has 0 saturated carbocycles. The van der Waals surface area contributed by atoms with Crippen molar-refractivity contribution < 1.29 is 24.6 Å². The van der Waals surface area contributed by atoms with E-state index in [-0.39, 0.29) is 37.1 Å². The van der Waals surface area contributed by atoms with Crippen LogP contribution < -0.4 is 16.8 Å². The molecule has 8 nitrogen and oxygen atoms in total. The molecule has 0 aromatic rings. The lowest BCUT2D eigenvalue weighted by Gasteiger charge is -2.49. The van der Waals surface area contributed by atoms with Crippen LogP contribution in [0.15, 0.2) is 0 Å². The standard InChI is InChI=1S/C34H67N3O5/c1-13-27(32(36)41)15-28(14-21(6)31(35)40)33(42)37-18-30(39)16-29(38)17-34(12,25(10)20(4)5)26(11)24(9)23(8)22(7)19(2)3/h19-30,38-39H,13-18H2,1-12H3,(H2,35,40)(H2,36,41)(H,37,42)/t21?,22-,23-,24-,25+,26-,27?,28?,29?,30?,34+/m0/s1. The van der Waals surface area contributed by atoms with Gasteiger partial charge in [0, 0.05) is 30.7 Å². The molecule has 42 heavy (non-hydrogen) atoms. The summed E-state index contributed by atoms with van der Waals surface area (Å²) in [4.78, 5) is 36.6. The molecule has 0 aromatic carbocycles. The fourth-order valence-electron chi connectivity index (χ4n) is 6.72. The molecule has 0 spiro atoms. The van der Waals surface area contributed by atoms with Crippen molar-refractivity contribution in [3.05, 3.63) is 0 Å². The Balaban J connectivity index is 5.57. The minimum absolute atomic E-state index is 0.0317. The first-order valence-electron chi connectivity index (χ1n) is 16.4. The third kappa shape index (κ3) is 12.1. The van der Waals surface area contributed by atoms with E-state index in [1.807, 2.05) is 6.92 Å². The number of hydrogen-bond acceptors (Lipinski definition) is 5. The summed E-state index contributed by atoms with van der Waals surface area (Å²) in [6.07, 6.45) is -0.0912. The van der Waals surface area contributed by atoms with Crippen LogP contribution in [-0.2, 0) is 14.4 Å². The largest absolute Gasteiger partial charge is 0.393 e. The predicted octanol–water partition coefficient (Wildman–Crippen LogP) is 5.13. The normalized spacial score (nSPS) is 20.9. The van der Waals surface area contributed by atoms with Gasteiger partial charge >= 0.3 is 0 Å². The third-order valence-corrected chi connectivity index (χ3v) is 11.3. The second kappa shape index (κ2) is 18.2. The lowest BCUT2D eigenvalue weighted by molar-refractivity contribution is -0.129. The zero-order valence-corrected chi connectivity index (χ0v) is 28.9. The van der Waals surface area contributed by atoms with Crippen LogP contribution in [0.2, 0.25) is 0 Å². The van der Waals surface area contributed by atoms with E-state index >= 15 is 0 Å². The van der Waals surface area contributed by atoms with Crippen molar-refractivity contribution in [1.82, 2.24) is 5.32 Å². The highest BCUT2D eigenvalue weighted by Crippen LogP contribution is 2.49. The zero-order valence-electron chi connectivity index (χ0n) is 28.9. The molecule has 0 aliphatic heterocycles. The van der Waals surface area contributed by atoms with Crippen LogP contribution in [0.4, 0.5) is 0 Å². The molecule has 8 heteroatoms. The summed E-state index contributed by atoms with van der Waals surface area (Å²) in [7, 11) is 0. The Morgan fingerprint density at radius 2 is 1.24 bits per heavy atom. The van der Waals surface area contributed by atoms with Gasteiger partial charge in [-0.3, -0.25) is 14.4 Å². The van der Waals surface area contributed by atoms with Crippen LogP contribution in [0.3, 0.4) is 0 Å². The molecule has 7 N–H and O–H groups in total. The van der Waals surface area contributed by atoms with E-state index in [2.05, 4.69) is 74.6 Å². The van der Waals surface area contributed by atoms with Crippen molar-refractivity contribution in [2.75, 3.05) is 6.54 Å². The monoisotopic (exact) mass is 598 g/mol. The number of primary amides is 2. The molecule has 0 bridgehead atoms. The molecule has 5 unspecified atom stereocenters. The van der Waals surface area contributed by atoms with E-state index in [4.69, 9.17) is 11.5 Å². The van der Waals surface area contributed by atoms with E-state index in [9.17, 15) is 24.6 Å². The molecular formula is C34H67N3O5. The zero-order chi connectivity index (χ0) is 33.1. The number of rotatable bonds is 21. The molecule has 0 aliphatic rings. The van der Waals surface area contributed by atoms with E-state index < -0.39 is 41.8 Å². The van der Waals surface area contributed by atoms with Crippen LogP contribution in [0.5, 0.6) is 0 Å². The molecule has 0 saturated heterocycles. The van der Waals surface area contributed by atoms with Crippen molar-refractivity contribution in [3.63, 3.8) is 0 Å². The maximum absolute atomic E-state index is 13.1. The molecular weight excluding hydrogens is 530 g/mol. The summed E-state index contributed by atoms with van der Waals surface area (Å²) in [6.45, 7) is 26.4. The first-order valence-corrected chi connectivity index (χ1v) is 16.4. The average molecular weight is 598 g/mol. The van der Waals surface area contributed by atoms with Crippen molar-refractivity contribution in [2.24, 2.45) is 76.1 Å². The van der Waals surface area contributed by atoms with Gasteiger partial charge in [-0.1, -0.05) is 83.1 Å². The van der Waals surface area contributed by atoms with Gasteiger partial charge in [0.05, 0.1) is 12.2 Å². The number of nitrogens with one attached hydrogen (secondary N) is 1. The van der Waals surface area contributed by atoms with Gasteiger partial charge in [-0.2, -0.15) is 0 Å². The maximum Gasteiger partial charge on any atom is 0.223 e. The number of carbonyl (C=O) groups excluding carboxylic acids is 3. The van der Waals surface area contributed by atoms with Crippen LogP contribution in [0, 0.1) is 64.6 Å². The molecule has 0 heterocycles. The Bertz CT molecular complexity index is 834. The van der Waals surface area contributed by atoms with Crippen molar-refractivity contribution >= 4 is 17.7 Å². The van der Waals surface area contributed by atoms with Crippen LogP contribution >= 0.6 is 0 Å². The molecule has 248 valence electrons. The van der Waals surface area contributed by atoms with Crippen LogP contribution in [0.25, 0.3) is 0 Å². The maximum atomic E-state index is 13.1. The molecule has 0 rings (SSSR count). The Hall–Kier alpha value is -1.67. The summed E-state index contributed by atoms with van der Waals surface area (Å²) < 4.78 is 0. The first kappa shape index (κ1) is 40.3. The SMILES string of the molecule is CCC(CC(CC(C)C(N)=O)C(=O)NCC(O)CC(O)C[C@](C)([C@H](C)C(C)C)[C@@H](C)[C@@H](C)[C@@H](C)[C@@H](C)C(C)C)C(N)=O. The predicted molar refractivity (Wildman–Crippen MR) is 172 cm³/mol. The van der Waals surface area contributed by atoms with Crippen molar-refractivity contribution in [1.29, 1.82) is 0 Å². The Morgan fingerprint density at radius 3 is 1.67 bits per heavy atom. The van der Waals surface area contributed by atoms with Crippen molar-refractivity contribution in [2.45, 2.75) is 127 Å². The third-order valence-electron chi connectivity index (χ3n) is 11.3. The average Bonchev–Trinajstić information content (AvgIpc) is 2.90. The van der Waals surface area contributed by atoms with E-state index in [0.29, 0.717) is 54.3 Å². The minimum Gasteiger partial charge on any atom is -0.393 e. The van der Waals surface area contributed by atoms with E-state index in [1.165, 1.54) is 0 Å². The Labute approximate surface area is 257 Å². The lowest BCUT2D eigenvalue weighted by Crippen LogP contribution is -2.44. The number of carbonyl (C=O) groups is 3. The van der Waals surface area contributed by atoms with Gasteiger partial charge in [-0.15, -0.1) is 0 Å². The topological polar surface area (TPSA) is 156 Å². The fraction of sp³-hybridized carbons (Fsp3) is 0.912. The first-order chi connectivity index (χ1) is 19.2. The van der Waals surface area contributed by atoms with Gasteiger partial charge in [0.25, 0.3) is 0 Å². The molecule has 0 aromatic heterocycles. The summed E-state index contributed by atoms with van der Waals surface area (Å²) >= 11 is 0. The molecule has 0 aliphatic carbocycles. The number of amides is 3. The number of aliphatic hydroxyl groups is 2. The summed E-state index contributed by atoms with van der Waals surface area (Å²) in [5.74, 6) is 0.266. The second-order valence-corrected chi connectivity index (χ2v) is 14.6. The minimum atomic E-state index is -0.942. The highest BCUT2D eigenvalue weighted by Gasteiger charge is 2.43. The highest BCUT2D eigenvalue weighted by molar-refractivity contribution is 5.82. The van der Waals surface area contributed by atoms with Crippen molar-refractivity contribution in [3.8, 4) is 0 Å². The summed E-state index contributed by atoms with van der Waals surface area (Å²) in [5.41, 5.74) is 10.8. The molecule has 0 radical (unpaired) electrons. The van der Waals surface area contributed by atoms with Gasteiger partial charge in [0.2, 0.25) is 17.7 Å². The van der Waals surface area contributed by atoms with E-state index in [0.717, 1.165) is 0 Å². The van der Waals surface area contributed by atoms with Crippen LogP contribution in [-0.4, -0.2) is 46.7 Å².